The maximum absolute atomic E-state index is 12.4. The van der Waals surface area contributed by atoms with Crippen LogP contribution in [0.2, 0.25) is 0 Å². The molecule has 18 heavy (non-hydrogen) atoms. The first-order valence-corrected chi connectivity index (χ1v) is 6.86. The van der Waals surface area contributed by atoms with E-state index >= 15 is 0 Å². The van der Waals surface area contributed by atoms with Gasteiger partial charge in [0.05, 0.1) is 5.39 Å². The minimum atomic E-state index is -0.567. The molecule has 0 bridgehead atoms. The molecule has 2 aromatic rings. The fourth-order valence-electron chi connectivity index (χ4n) is 2.41. The van der Waals surface area contributed by atoms with E-state index in [0.717, 1.165) is 29.7 Å². The van der Waals surface area contributed by atoms with Crippen molar-refractivity contribution in [2.75, 3.05) is 0 Å². The Morgan fingerprint density at radius 1 is 1.50 bits per heavy atom. The first kappa shape index (κ1) is 11.6. The molecule has 7 heteroatoms. The summed E-state index contributed by atoms with van der Waals surface area (Å²) in [7, 11) is 0. The molecule has 0 atom stereocenters. The molecule has 0 saturated carbocycles. The number of aryl methyl sites for hydroxylation is 2. The van der Waals surface area contributed by atoms with Gasteiger partial charge in [-0.25, -0.2) is 0 Å². The summed E-state index contributed by atoms with van der Waals surface area (Å²) in [6.45, 7) is -0.172. The van der Waals surface area contributed by atoms with Crippen molar-refractivity contribution >= 4 is 39.7 Å². The lowest BCUT2D eigenvalue weighted by atomic mass is 10.2. The number of nitrogens with one attached hydrogen (secondary N) is 1. The van der Waals surface area contributed by atoms with Crippen LogP contribution < -0.4 is 11.3 Å². The van der Waals surface area contributed by atoms with Gasteiger partial charge in [0.15, 0.2) is 4.77 Å². The minimum Gasteiger partial charge on any atom is -0.368 e. The highest BCUT2D eigenvalue weighted by molar-refractivity contribution is 7.71. The summed E-state index contributed by atoms with van der Waals surface area (Å²) in [6, 6.07) is 0. The van der Waals surface area contributed by atoms with Crippen LogP contribution in [0.15, 0.2) is 4.79 Å². The maximum atomic E-state index is 12.4. The normalized spacial score (nSPS) is 14.0. The van der Waals surface area contributed by atoms with E-state index in [1.807, 2.05) is 0 Å². The number of amides is 1. The Balaban J connectivity index is 2.36. The van der Waals surface area contributed by atoms with Crippen LogP contribution in [0.1, 0.15) is 16.9 Å². The third kappa shape index (κ3) is 1.62. The average molecular weight is 281 g/mol. The summed E-state index contributed by atoms with van der Waals surface area (Å²) in [6.07, 6.45) is 3.03. The van der Waals surface area contributed by atoms with Crippen molar-refractivity contribution in [1.29, 1.82) is 0 Å². The zero-order chi connectivity index (χ0) is 12.9. The number of thiophene rings is 1. The summed E-state index contributed by atoms with van der Waals surface area (Å²) in [5.74, 6) is -0.567. The Labute approximate surface area is 111 Å². The standard InChI is InChI=1S/C11H11N3O2S2/c12-7(15)4-14-10(16)8-5-2-1-3-6(5)18-9(8)13-11(14)17/h1-4H2,(H2,12,15)(H,13,17). The largest absolute Gasteiger partial charge is 0.368 e. The second-order valence-corrected chi connectivity index (χ2v) is 5.84. The van der Waals surface area contributed by atoms with Crippen LogP contribution in [-0.4, -0.2) is 15.5 Å². The Morgan fingerprint density at radius 2 is 2.28 bits per heavy atom. The third-order valence-electron chi connectivity index (χ3n) is 3.16. The zero-order valence-electron chi connectivity index (χ0n) is 9.49. The summed E-state index contributed by atoms with van der Waals surface area (Å²) in [5.41, 5.74) is 6.05. The molecule has 2 heterocycles. The van der Waals surface area contributed by atoms with Gasteiger partial charge in [0, 0.05) is 4.88 Å². The molecule has 5 nitrogen and oxygen atoms in total. The number of H-pyrrole nitrogens is 1. The molecule has 0 fully saturated rings. The second kappa shape index (κ2) is 4.03. The molecule has 3 rings (SSSR count). The van der Waals surface area contributed by atoms with Crippen molar-refractivity contribution in [3.05, 3.63) is 25.6 Å². The molecule has 0 aromatic carbocycles. The van der Waals surface area contributed by atoms with Crippen LogP contribution in [0.5, 0.6) is 0 Å². The Kier molecular flexibility index (Phi) is 2.60. The number of hydrogen-bond donors (Lipinski definition) is 2. The van der Waals surface area contributed by atoms with Crippen LogP contribution in [0.4, 0.5) is 0 Å². The van der Waals surface area contributed by atoms with Crippen molar-refractivity contribution in [3.63, 3.8) is 0 Å². The number of aromatic amines is 1. The predicted octanol–water partition coefficient (Wildman–Crippen LogP) is 1.09. The number of primary amides is 1. The molecule has 0 aliphatic heterocycles. The van der Waals surface area contributed by atoms with Gasteiger partial charge in [-0.3, -0.25) is 14.2 Å². The highest BCUT2D eigenvalue weighted by Crippen LogP contribution is 2.34. The molecule has 0 spiro atoms. The van der Waals surface area contributed by atoms with E-state index in [2.05, 4.69) is 4.98 Å². The van der Waals surface area contributed by atoms with Crippen molar-refractivity contribution in [2.24, 2.45) is 5.73 Å². The topological polar surface area (TPSA) is 80.9 Å². The molecule has 0 saturated heterocycles. The first-order chi connectivity index (χ1) is 8.58. The molecule has 2 aromatic heterocycles. The SMILES string of the molecule is NC(=O)Cn1c(=S)[nH]c2sc3c(c2c1=O)CCC3. The van der Waals surface area contributed by atoms with E-state index in [-0.39, 0.29) is 16.9 Å². The van der Waals surface area contributed by atoms with Crippen LogP contribution in [-0.2, 0) is 24.2 Å². The number of nitrogens with two attached hydrogens (primary N) is 1. The van der Waals surface area contributed by atoms with Crippen molar-refractivity contribution in [1.82, 2.24) is 9.55 Å². The lowest BCUT2D eigenvalue weighted by molar-refractivity contribution is -0.118. The maximum Gasteiger partial charge on any atom is 0.263 e. The quantitative estimate of drug-likeness (QED) is 0.809. The van der Waals surface area contributed by atoms with Gasteiger partial charge in [-0.05, 0) is 37.0 Å². The Hall–Kier alpha value is -1.47. The van der Waals surface area contributed by atoms with Crippen LogP contribution in [0, 0.1) is 4.77 Å². The number of rotatable bonds is 2. The Morgan fingerprint density at radius 3 is 3.00 bits per heavy atom. The van der Waals surface area contributed by atoms with Crippen LogP contribution >= 0.6 is 23.6 Å². The summed E-state index contributed by atoms with van der Waals surface area (Å²) < 4.78 is 1.50. The second-order valence-electron chi connectivity index (χ2n) is 4.35. The number of carbonyl (C=O) groups excluding carboxylic acids is 1. The zero-order valence-corrected chi connectivity index (χ0v) is 11.1. The number of aromatic nitrogens is 2. The summed E-state index contributed by atoms with van der Waals surface area (Å²) >= 11 is 6.69. The van der Waals surface area contributed by atoms with Crippen molar-refractivity contribution in [2.45, 2.75) is 25.8 Å². The lowest BCUT2D eigenvalue weighted by Crippen LogP contribution is -2.29. The molecule has 3 N–H and O–H groups in total. The van der Waals surface area contributed by atoms with Gasteiger partial charge >= 0.3 is 0 Å². The number of carbonyl (C=O) groups is 1. The fraction of sp³-hybridized carbons (Fsp3) is 0.364. The number of hydrogen-bond acceptors (Lipinski definition) is 4. The van der Waals surface area contributed by atoms with Gasteiger partial charge in [-0.15, -0.1) is 11.3 Å². The van der Waals surface area contributed by atoms with E-state index in [9.17, 15) is 9.59 Å². The molecule has 0 radical (unpaired) electrons. The van der Waals surface area contributed by atoms with E-state index in [0.29, 0.717) is 5.39 Å². The minimum absolute atomic E-state index is 0.172. The molecule has 94 valence electrons. The average Bonchev–Trinajstić information content (AvgIpc) is 2.83. The molecular weight excluding hydrogens is 270 g/mol. The fourth-order valence-corrected chi connectivity index (χ4v) is 4.00. The van der Waals surface area contributed by atoms with Gasteiger partial charge < -0.3 is 10.7 Å². The first-order valence-electron chi connectivity index (χ1n) is 5.63. The van der Waals surface area contributed by atoms with Crippen molar-refractivity contribution in [3.8, 4) is 0 Å². The lowest BCUT2D eigenvalue weighted by Gasteiger charge is -2.04. The monoisotopic (exact) mass is 281 g/mol. The van der Waals surface area contributed by atoms with Crippen molar-refractivity contribution < 1.29 is 4.79 Å². The number of nitrogens with zero attached hydrogens (tertiary/aromatic N) is 1. The Bertz CT molecular complexity index is 769. The van der Waals surface area contributed by atoms with Gasteiger partial charge in [0.1, 0.15) is 11.4 Å². The van der Waals surface area contributed by atoms with E-state index in [4.69, 9.17) is 18.0 Å². The third-order valence-corrected chi connectivity index (χ3v) is 4.69. The van der Waals surface area contributed by atoms with Gasteiger partial charge in [0.25, 0.3) is 5.56 Å². The van der Waals surface area contributed by atoms with Crippen LogP contribution in [0.3, 0.4) is 0 Å². The van der Waals surface area contributed by atoms with Gasteiger partial charge in [-0.1, -0.05) is 0 Å². The molecule has 0 unspecified atom stereocenters. The molecule has 1 amide bonds. The van der Waals surface area contributed by atoms with E-state index in [1.54, 1.807) is 11.3 Å². The van der Waals surface area contributed by atoms with Crippen LogP contribution in [0.25, 0.3) is 10.2 Å². The van der Waals surface area contributed by atoms with Gasteiger partial charge in [0.2, 0.25) is 5.91 Å². The van der Waals surface area contributed by atoms with Gasteiger partial charge in [-0.2, -0.15) is 0 Å². The number of fused-ring (bicyclic) bond motifs is 3. The predicted molar refractivity (Wildman–Crippen MR) is 72.5 cm³/mol. The molecule has 1 aliphatic carbocycles. The molecular formula is C11H11N3O2S2. The van der Waals surface area contributed by atoms with E-state index < -0.39 is 5.91 Å². The smallest absolute Gasteiger partial charge is 0.263 e. The van der Waals surface area contributed by atoms with E-state index in [1.165, 1.54) is 9.44 Å². The summed E-state index contributed by atoms with van der Waals surface area (Å²) in [5, 5.41) is 0.683. The summed E-state index contributed by atoms with van der Waals surface area (Å²) in [4.78, 5) is 28.5. The highest BCUT2D eigenvalue weighted by atomic mass is 32.1. The molecule has 1 aliphatic rings. The highest BCUT2D eigenvalue weighted by Gasteiger charge is 2.21.